The molecule has 0 aromatic heterocycles. The van der Waals surface area contributed by atoms with Crippen LogP contribution >= 0.6 is 0 Å². The second kappa shape index (κ2) is 19.0. The van der Waals surface area contributed by atoms with E-state index in [0.717, 1.165) is 16.5 Å². The molecule has 4 N–H and O–H groups in total. The first kappa shape index (κ1) is 46.7. The van der Waals surface area contributed by atoms with E-state index >= 15 is 0 Å². The molecular weight excluding hydrogens is 817 g/mol. The van der Waals surface area contributed by atoms with Crippen molar-refractivity contribution in [2.75, 3.05) is 63.0 Å². The summed E-state index contributed by atoms with van der Waals surface area (Å²) in [7, 11) is -11.5. The summed E-state index contributed by atoms with van der Waals surface area (Å²) in [6, 6.07) is 11.8. The van der Waals surface area contributed by atoms with Crippen molar-refractivity contribution in [3.8, 4) is 11.3 Å². The number of allylic oxidation sites excluding steroid dienone is 3. The highest BCUT2D eigenvalue weighted by atomic mass is 32.2. The lowest BCUT2D eigenvalue weighted by molar-refractivity contribution is -0.138. The van der Waals surface area contributed by atoms with Crippen LogP contribution in [0, 0.1) is 0 Å². The molecule has 0 radical (unpaired) electrons. The van der Waals surface area contributed by atoms with Crippen molar-refractivity contribution in [1.29, 1.82) is 0 Å². The maximum atomic E-state index is 12.2. The molecule has 1 aromatic carbocycles. The van der Waals surface area contributed by atoms with Crippen molar-refractivity contribution in [3.05, 3.63) is 82.6 Å². The number of benzene rings is 2. The van der Waals surface area contributed by atoms with Crippen molar-refractivity contribution >= 4 is 48.1 Å². The van der Waals surface area contributed by atoms with Gasteiger partial charge >= 0.3 is 5.97 Å². The topological polar surface area (TPSA) is 238 Å². The van der Waals surface area contributed by atoms with Crippen molar-refractivity contribution < 1.29 is 62.7 Å². The Morgan fingerprint density at radius 2 is 1.60 bits per heavy atom. The lowest BCUT2D eigenvalue weighted by atomic mass is 9.77. The molecular formula is C39H53N2O14S3+. The number of carboxylic acids is 1. The van der Waals surface area contributed by atoms with Gasteiger partial charge in [0.1, 0.15) is 24.7 Å². The quantitative estimate of drug-likeness (QED) is 0.0697. The van der Waals surface area contributed by atoms with Crippen LogP contribution in [0.4, 0.5) is 5.69 Å². The van der Waals surface area contributed by atoms with Crippen LogP contribution < -0.4 is 14.8 Å². The third-order valence-electron chi connectivity index (χ3n) is 9.86. The van der Waals surface area contributed by atoms with Gasteiger partial charge in [0.15, 0.2) is 6.54 Å². The van der Waals surface area contributed by atoms with Gasteiger partial charge < -0.3 is 23.9 Å². The predicted molar refractivity (Wildman–Crippen MR) is 219 cm³/mol. The Morgan fingerprint density at radius 3 is 2.22 bits per heavy atom. The van der Waals surface area contributed by atoms with Gasteiger partial charge in [0.05, 0.1) is 42.1 Å². The highest BCUT2D eigenvalue weighted by molar-refractivity contribution is 7.86. The molecule has 4 rings (SSSR count). The van der Waals surface area contributed by atoms with Gasteiger partial charge in [-0.25, -0.2) is 4.58 Å². The number of aliphatic carboxylic acids is 1. The summed E-state index contributed by atoms with van der Waals surface area (Å²) in [5.74, 6) is -0.939. The maximum Gasteiger partial charge on any atom is 0.305 e. The first-order valence-electron chi connectivity index (χ1n) is 18.6. The standard InChI is InChI=1S/C39H52N2O14S3/c1-38(2,3)32-26-29(55-35-25-28(11-13-31(32)35)40(18-21-53-5)17-8-24-57(47,48)49)9-6-10-36-39(4,16-7-23-56(44,45)46)33-27-30(58(50,51)52)12-14-34(33)41(36)19-22-54-20-15-37(42)43/h6,9-14,25-27H,7-8,15-24H2,1-5H3,(H3-,42,43,44,45,46,47,48,49,50,51,52)/p+1. The molecule has 0 amide bonds. The average molecular weight is 870 g/mol. The number of fused-ring (bicyclic) bond motifs is 2. The van der Waals surface area contributed by atoms with E-state index in [0.29, 0.717) is 48.2 Å². The van der Waals surface area contributed by atoms with Crippen molar-refractivity contribution in [2.24, 2.45) is 0 Å². The van der Waals surface area contributed by atoms with Gasteiger partial charge in [0.25, 0.3) is 30.4 Å². The zero-order valence-electron chi connectivity index (χ0n) is 33.2. The van der Waals surface area contributed by atoms with Crippen LogP contribution in [-0.4, -0.2) is 108 Å². The summed E-state index contributed by atoms with van der Waals surface area (Å²) in [5, 5.41) is 9.81. The van der Waals surface area contributed by atoms with E-state index in [9.17, 15) is 43.7 Å². The lowest BCUT2D eigenvalue weighted by Crippen LogP contribution is -2.34. The van der Waals surface area contributed by atoms with Gasteiger partial charge in [-0.2, -0.15) is 25.3 Å². The van der Waals surface area contributed by atoms with Crippen LogP contribution in [0.1, 0.15) is 70.3 Å². The third kappa shape index (κ3) is 12.8. The summed E-state index contributed by atoms with van der Waals surface area (Å²) in [5.41, 5.74) is 2.12. The average Bonchev–Trinajstić information content (AvgIpc) is 3.33. The molecule has 1 aromatic rings. The van der Waals surface area contributed by atoms with E-state index in [1.807, 2.05) is 33.7 Å². The number of anilines is 1. The van der Waals surface area contributed by atoms with E-state index < -0.39 is 53.2 Å². The first-order chi connectivity index (χ1) is 26.9. The Hall–Kier alpha value is -3.95. The molecule has 320 valence electrons. The van der Waals surface area contributed by atoms with Gasteiger partial charge in [-0.15, -0.1) is 0 Å². The molecule has 16 nitrogen and oxygen atoms in total. The summed E-state index contributed by atoms with van der Waals surface area (Å²) in [4.78, 5) is 12.6. The number of nitrogens with zero attached hydrogens (tertiary/aromatic N) is 2. The molecule has 1 atom stereocenters. The molecule has 0 saturated carbocycles. The van der Waals surface area contributed by atoms with Gasteiger partial charge in [-0.05, 0) is 78.8 Å². The number of rotatable bonds is 20. The van der Waals surface area contributed by atoms with Crippen LogP contribution in [-0.2, 0) is 55.5 Å². The van der Waals surface area contributed by atoms with Gasteiger partial charge in [0, 0.05) is 48.5 Å². The number of carbonyl (C=O) groups is 1. The zero-order chi connectivity index (χ0) is 43.1. The molecule has 0 spiro atoms. The number of hydrogen-bond acceptors (Lipinski definition) is 11. The molecule has 3 aliphatic rings. The zero-order valence-corrected chi connectivity index (χ0v) is 35.7. The summed E-state index contributed by atoms with van der Waals surface area (Å²) in [6.45, 7) is 9.39. The molecule has 58 heavy (non-hydrogen) atoms. The molecule has 2 heterocycles. The first-order valence-corrected chi connectivity index (χ1v) is 23.2. The van der Waals surface area contributed by atoms with Gasteiger partial charge in [-0.3, -0.25) is 18.5 Å². The maximum absolute atomic E-state index is 12.2. The SMILES string of the molecule is COCC[N+](CCCS(=O)(=O)O)=c1ccc2c(C(C)(C)C)cc(C=CC=C3N(CCOCCC(=O)O)c4ccc(S(=O)(=O)O)cc4C3(C)CCCS(=O)(=O)O)oc-2c1. The van der Waals surface area contributed by atoms with Crippen LogP contribution in [0.15, 0.2) is 69.6 Å². The minimum absolute atomic E-state index is 0.00335. The molecule has 1 aliphatic carbocycles. The fraction of sp³-hybridized carbons (Fsp3) is 0.487. The molecule has 2 aliphatic heterocycles. The smallest absolute Gasteiger partial charge is 0.305 e. The Balaban J connectivity index is 1.86. The summed E-state index contributed by atoms with van der Waals surface area (Å²) < 4.78 is 119. The number of methoxy groups -OCH3 is 1. The fourth-order valence-corrected chi connectivity index (χ4v) is 8.57. The number of hydrogen-bond donors (Lipinski definition) is 4. The van der Waals surface area contributed by atoms with Crippen LogP contribution in [0.5, 0.6) is 0 Å². The van der Waals surface area contributed by atoms with E-state index in [-0.39, 0.29) is 55.8 Å². The Kier molecular flexibility index (Phi) is 15.3. The van der Waals surface area contributed by atoms with Crippen molar-refractivity contribution in [3.63, 3.8) is 0 Å². The van der Waals surface area contributed by atoms with Gasteiger partial charge in [0.2, 0.25) is 5.36 Å². The predicted octanol–water partition coefficient (Wildman–Crippen LogP) is 4.46. The molecule has 1 unspecified atom stereocenters. The van der Waals surface area contributed by atoms with Crippen LogP contribution in [0.25, 0.3) is 17.4 Å². The third-order valence-corrected chi connectivity index (χ3v) is 12.3. The highest BCUT2D eigenvalue weighted by Crippen LogP contribution is 2.51. The Labute approximate surface area is 340 Å². The second-order valence-electron chi connectivity index (χ2n) is 15.3. The molecule has 19 heteroatoms. The van der Waals surface area contributed by atoms with Crippen molar-refractivity contribution in [2.45, 2.75) is 69.1 Å². The minimum atomic E-state index is -4.62. The largest absolute Gasteiger partial charge is 0.481 e. The fourth-order valence-electron chi connectivity index (χ4n) is 7.06. The number of ether oxygens (including phenoxy) is 2. The normalized spacial score (nSPS) is 17.7. The second-order valence-corrected chi connectivity index (χ2v) is 19.9. The van der Waals surface area contributed by atoms with E-state index in [2.05, 4.69) is 20.8 Å². The summed E-state index contributed by atoms with van der Waals surface area (Å²) in [6.07, 6.45) is 5.40. The van der Waals surface area contributed by atoms with E-state index in [4.69, 9.17) is 19.0 Å². The Bertz CT molecular complexity index is 2400. The lowest BCUT2D eigenvalue weighted by Gasteiger charge is -2.30. The highest BCUT2D eigenvalue weighted by Gasteiger charge is 2.44. The van der Waals surface area contributed by atoms with Crippen LogP contribution in [0.3, 0.4) is 0 Å². The molecule has 0 bridgehead atoms. The molecule has 0 fully saturated rings. The number of carboxylic acid groups (broad SMARTS) is 1. The Morgan fingerprint density at radius 1 is 0.914 bits per heavy atom. The van der Waals surface area contributed by atoms with Crippen molar-refractivity contribution in [1.82, 2.24) is 4.58 Å². The van der Waals surface area contributed by atoms with Crippen LogP contribution in [0.2, 0.25) is 0 Å². The van der Waals surface area contributed by atoms with E-state index in [1.165, 1.54) is 18.2 Å². The summed E-state index contributed by atoms with van der Waals surface area (Å²) >= 11 is 0. The monoisotopic (exact) mass is 869 g/mol. The van der Waals surface area contributed by atoms with E-state index in [1.54, 1.807) is 32.3 Å². The minimum Gasteiger partial charge on any atom is -0.481 e. The molecule has 0 saturated heterocycles. The van der Waals surface area contributed by atoms with Gasteiger partial charge in [-0.1, -0.05) is 26.8 Å².